The number of hydrogen-bond donors (Lipinski definition) is 3. The van der Waals surface area contributed by atoms with Gasteiger partial charge in [0.15, 0.2) is 0 Å². The summed E-state index contributed by atoms with van der Waals surface area (Å²) in [7, 11) is 0. The number of nitrogens with one attached hydrogen (secondary N) is 1. The summed E-state index contributed by atoms with van der Waals surface area (Å²) in [6.45, 7) is 5.20. The number of amides is 1. The van der Waals surface area contributed by atoms with Crippen LogP contribution in [0.4, 0.5) is 0 Å². The fraction of sp³-hybridized carbons (Fsp3) is 0.526. The molecule has 1 aromatic carbocycles. The molecule has 1 aromatic rings. The van der Waals surface area contributed by atoms with Crippen LogP contribution in [0.5, 0.6) is 0 Å². The maximum Gasteiger partial charge on any atom is 0.329 e. The Morgan fingerprint density at radius 1 is 1.15 bits per heavy atom. The number of benzene rings is 1. The van der Waals surface area contributed by atoms with E-state index in [1.54, 1.807) is 0 Å². The minimum absolute atomic E-state index is 0.0269. The largest absolute Gasteiger partial charge is 0.481 e. The highest BCUT2D eigenvalue weighted by Crippen LogP contribution is 2.23. The zero-order valence-corrected chi connectivity index (χ0v) is 15.2. The standard InChI is InChI=1S/C19H26N2O5/c1-13-3-4-15(14(2)11-13)12-16(22)20-19(18(25)26)6-9-21(10-7-19)8-5-17(23)24/h3-4,11H,5-10,12H2,1-2H3,(H,20,22)(H,23,24)(H,25,26). The van der Waals surface area contributed by atoms with E-state index in [0.717, 1.165) is 16.7 Å². The number of aryl methyl sites for hydroxylation is 2. The lowest BCUT2D eigenvalue weighted by atomic mass is 9.87. The number of nitrogens with zero attached hydrogens (tertiary/aromatic N) is 1. The molecular formula is C19H26N2O5. The zero-order chi connectivity index (χ0) is 19.3. The zero-order valence-electron chi connectivity index (χ0n) is 15.2. The second-order valence-corrected chi connectivity index (χ2v) is 7.03. The van der Waals surface area contributed by atoms with Crippen LogP contribution in [0.1, 0.15) is 36.0 Å². The lowest BCUT2D eigenvalue weighted by Crippen LogP contribution is -2.60. The summed E-state index contributed by atoms with van der Waals surface area (Å²) >= 11 is 0. The highest BCUT2D eigenvalue weighted by molar-refractivity contribution is 5.88. The van der Waals surface area contributed by atoms with Crippen molar-refractivity contribution in [2.45, 2.75) is 45.1 Å². The Morgan fingerprint density at radius 3 is 2.35 bits per heavy atom. The molecule has 0 unspecified atom stereocenters. The summed E-state index contributed by atoms with van der Waals surface area (Å²) in [4.78, 5) is 36.9. The molecule has 0 aliphatic carbocycles. The number of carboxylic acid groups (broad SMARTS) is 2. The second-order valence-electron chi connectivity index (χ2n) is 7.03. The predicted octanol–water partition coefficient (Wildman–Crippen LogP) is 1.36. The topological polar surface area (TPSA) is 107 Å². The summed E-state index contributed by atoms with van der Waals surface area (Å²) in [5.41, 5.74) is 1.72. The van der Waals surface area contributed by atoms with Crippen LogP contribution in [-0.4, -0.2) is 58.1 Å². The van der Waals surface area contributed by atoms with Gasteiger partial charge in [0.2, 0.25) is 5.91 Å². The van der Waals surface area contributed by atoms with Crippen molar-refractivity contribution in [1.29, 1.82) is 0 Å². The summed E-state index contributed by atoms with van der Waals surface area (Å²) in [5.74, 6) is -2.22. The average molecular weight is 362 g/mol. The molecule has 7 nitrogen and oxygen atoms in total. The number of likely N-dealkylation sites (tertiary alicyclic amines) is 1. The third-order valence-electron chi connectivity index (χ3n) is 4.99. The molecule has 1 aliphatic rings. The molecule has 0 radical (unpaired) electrons. The van der Waals surface area contributed by atoms with Gasteiger partial charge in [-0.2, -0.15) is 0 Å². The molecule has 1 aliphatic heterocycles. The van der Waals surface area contributed by atoms with E-state index in [2.05, 4.69) is 5.32 Å². The Bertz CT molecular complexity index is 693. The Kier molecular flexibility index (Phi) is 6.37. The van der Waals surface area contributed by atoms with Crippen molar-refractivity contribution < 1.29 is 24.6 Å². The highest BCUT2D eigenvalue weighted by atomic mass is 16.4. The lowest BCUT2D eigenvalue weighted by molar-refractivity contribution is -0.150. The van der Waals surface area contributed by atoms with Gasteiger partial charge in [0.1, 0.15) is 5.54 Å². The first-order valence-corrected chi connectivity index (χ1v) is 8.76. The number of aliphatic carboxylic acids is 2. The van der Waals surface area contributed by atoms with Crippen LogP contribution in [0.25, 0.3) is 0 Å². The first kappa shape index (κ1) is 19.9. The van der Waals surface area contributed by atoms with Crippen molar-refractivity contribution in [3.05, 3.63) is 34.9 Å². The van der Waals surface area contributed by atoms with E-state index in [0.29, 0.717) is 19.6 Å². The van der Waals surface area contributed by atoms with E-state index in [4.69, 9.17) is 5.11 Å². The van der Waals surface area contributed by atoms with E-state index in [1.807, 2.05) is 36.9 Å². The molecule has 7 heteroatoms. The van der Waals surface area contributed by atoms with Gasteiger partial charge in [-0.25, -0.2) is 4.79 Å². The van der Waals surface area contributed by atoms with E-state index >= 15 is 0 Å². The van der Waals surface area contributed by atoms with Gasteiger partial charge in [-0.3, -0.25) is 9.59 Å². The number of carboxylic acids is 2. The first-order chi connectivity index (χ1) is 12.2. The lowest BCUT2D eigenvalue weighted by Gasteiger charge is -2.39. The molecule has 1 heterocycles. The minimum atomic E-state index is -1.28. The van der Waals surface area contributed by atoms with E-state index in [-0.39, 0.29) is 31.6 Å². The van der Waals surface area contributed by atoms with Crippen LogP contribution >= 0.6 is 0 Å². The molecule has 0 bridgehead atoms. The Balaban J connectivity index is 1.98. The number of carbonyl (C=O) groups excluding carboxylic acids is 1. The molecule has 0 spiro atoms. The third-order valence-corrected chi connectivity index (χ3v) is 4.99. The van der Waals surface area contributed by atoms with Crippen LogP contribution in [0.3, 0.4) is 0 Å². The van der Waals surface area contributed by atoms with Crippen LogP contribution in [0.2, 0.25) is 0 Å². The van der Waals surface area contributed by atoms with E-state index in [1.165, 1.54) is 0 Å². The maximum absolute atomic E-state index is 12.5. The fourth-order valence-electron chi connectivity index (χ4n) is 3.33. The van der Waals surface area contributed by atoms with Gasteiger partial charge in [0, 0.05) is 19.6 Å². The van der Waals surface area contributed by atoms with Crippen molar-refractivity contribution in [1.82, 2.24) is 10.2 Å². The van der Waals surface area contributed by atoms with E-state index in [9.17, 15) is 19.5 Å². The average Bonchev–Trinajstić information content (AvgIpc) is 2.56. The molecule has 1 saturated heterocycles. The first-order valence-electron chi connectivity index (χ1n) is 8.76. The molecule has 1 amide bonds. The quantitative estimate of drug-likeness (QED) is 0.676. The van der Waals surface area contributed by atoms with E-state index < -0.39 is 17.5 Å². The Morgan fingerprint density at radius 2 is 1.81 bits per heavy atom. The highest BCUT2D eigenvalue weighted by Gasteiger charge is 2.42. The smallest absolute Gasteiger partial charge is 0.329 e. The van der Waals surface area contributed by atoms with Gasteiger partial charge in [-0.1, -0.05) is 23.8 Å². The normalized spacial score (nSPS) is 16.8. The summed E-state index contributed by atoms with van der Waals surface area (Å²) in [6, 6.07) is 5.83. The van der Waals surface area contributed by atoms with Gasteiger partial charge < -0.3 is 20.4 Å². The molecule has 26 heavy (non-hydrogen) atoms. The number of hydrogen-bond acceptors (Lipinski definition) is 4. The van der Waals surface area contributed by atoms with Gasteiger partial charge >= 0.3 is 11.9 Å². The molecule has 0 atom stereocenters. The Labute approximate surface area is 153 Å². The molecule has 0 saturated carbocycles. The molecular weight excluding hydrogens is 336 g/mol. The van der Waals surface area contributed by atoms with Gasteiger partial charge in [-0.15, -0.1) is 0 Å². The second kappa shape index (κ2) is 8.31. The van der Waals surface area contributed by atoms with Crippen molar-refractivity contribution in [2.24, 2.45) is 0 Å². The van der Waals surface area contributed by atoms with Crippen molar-refractivity contribution in [3.8, 4) is 0 Å². The SMILES string of the molecule is Cc1ccc(CC(=O)NC2(C(=O)O)CCN(CCC(=O)O)CC2)c(C)c1. The minimum Gasteiger partial charge on any atom is -0.481 e. The third kappa shape index (κ3) is 5.05. The summed E-state index contributed by atoms with van der Waals surface area (Å²) in [6.07, 6.45) is 0.699. The van der Waals surface area contributed by atoms with Crippen molar-refractivity contribution in [3.63, 3.8) is 0 Å². The van der Waals surface area contributed by atoms with Gasteiger partial charge in [0.05, 0.1) is 12.8 Å². The molecule has 0 aromatic heterocycles. The number of piperidine rings is 1. The maximum atomic E-state index is 12.5. The van der Waals surface area contributed by atoms with Crippen LogP contribution in [0, 0.1) is 13.8 Å². The predicted molar refractivity (Wildman–Crippen MR) is 96.1 cm³/mol. The van der Waals surface area contributed by atoms with Crippen molar-refractivity contribution in [2.75, 3.05) is 19.6 Å². The number of rotatable bonds is 7. The van der Waals surface area contributed by atoms with Crippen LogP contribution in [-0.2, 0) is 20.8 Å². The Hall–Kier alpha value is -2.41. The van der Waals surface area contributed by atoms with Crippen molar-refractivity contribution >= 4 is 17.8 Å². The monoisotopic (exact) mass is 362 g/mol. The summed E-state index contributed by atoms with van der Waals surface area (Å²) < 4.78 is 0. The molecule has 1 fully saturated rings. The fourth-order valence-corrected chi connectivity index (χ4v) is 3.33. The van der Waals surface area contributed by atoms with Crippen LogP contribution in [0.15, 0.2) is 18.2 Å². The van der Waals surface area contributed by atoms with Gasteiger partial charge in [-0.05, 0) is 37.8 Å². The number of carbonyl (C=O) groups is 3. The molecule has 142 valence electrons. The molecule has 3 N–H and O–H groups in total. The summed E-state index contributed by atoms with van der Waals surface area (Å²) in [5, 5.41) is 21.2. The van der Waals surface area contributed by atoms with Crippen LogP contribution < -0.4 is 5.32 Å². The van der Waals surface area contributed by atoms with Gasteiger partial charge in [0.25, 0.3) is 0 Å². The molecule has 2 rings (SSSR count).